The van der Waals surface area contributed by atoms with Crippen molar-refractivity contribution < 1.29 is 18.3 Å². The topological polar surface area (TPSA) is 63.6 Å². The normalized spacial score (nSPS) is 29.0. The van der Waals surface area contributed by atoms with Gasteiger partial charge in [0.1, 0.15) is 9.84 Å². The molecule has 0 aromatic heterocycles. The van der Waals surface area contributed by atoms with Crippen LogP contribution in [0.1, 0.15) is 25.7 Å². The Labute approximate surface area is 85.2 Å². The number of rotatable bonds is 4. The molecular weight excluding hydrogens is 204 g/mol. The minimum atomic E-state index is -2.87. The van der Waals surface area contributed by atoms with E-state index in [1.54, 1.807) is 0 Å². The third-order valence-electron chi connectivity index (χ3n) is 2.67. The fourth-order valence-corrected chi connectivity index (χ4v) is 2.97. The summed E-state index contributed by atoms with van der Waals surface area (Å²) in [5.41, 5.74) is 0. The minimum absolute atomic E-state index is 0.0337. The van der Waals surface area contributed by atoms with Gasteiger partial charge in [-0.1, -0.05) is 0 Å². The summed E-state index contributed by atoms with van der Waals surface area (Å²) in [6.07, 6.45) is 4.39. The highest BCUT2D eigenvalue weighted by molar-refractivity contribution is 7.91. The molecule has 0 bridgehead atoms. The fourth-order valence-electron chi connectivity index (χ4n) is 1.85. The molecule has 0 spiro atoms. The predicted molar refractivity (Wildman–Crippen MR) is 53.9 cm³/mol. The average molecular weight is 222 g/mol. The van der Waals surface area contributed by atoms with E-state index < -0.39 is 9.84 Å². The maximum absolute atomic E-state index is 11.2. The zero-order chi connectivity index (χ0) is 10.6. The van der Waals surface area contributed by atoms with Crippen LogP contribution in [-0.2, 0) is 14.6 Å². The third-order valence-corrected chi connectivity index (χ3v) is 4.35. The molecule has 14 heavy (non-hydrogen) atoms. The second-order valence-corrected chi connectivity index (χ2v) is 6.15. The van der Waals surface area contributed by atoms with Crippen LogP contribution in [0.5, 0.6) is 0 Å². The summed E-state index contributed by atoms with van der Waals surface area (Å²) in [7, 11) is -2.87. The minimum Gasteiger partial charge on any atom is -0.394 e. The molecule has 0 unspecified atom stereocenters. The van der Waals surface area contributed by atoms with Gasteiger partial charge in [-0.15, -0.1) is 0 Å². The van der Waals surface area contributed by atoms with Crippen molar-refractivity contribution >= 4 is 9.84 Å². The molecular formula is C9H18O4S. The van der Waals surface area contributed by atoms with Gasteiger partial charge in [-0.3, -0.25) is 0 Å². The molecule has 0 atom stereocenters. The molecule has 1 N–H and O–H groups in total. The monoisotopic (exact) mass is 222 g/mol. The Balaban J connectivity index is 2.31. The first kappa shape index (κ1) is 11.9. The summed E-state index contributed by atoms with van der Waals surface area (Å²) in [6, 6.07) is 0. The maximum Gasteiger partial charge on any atom is 0.150 e. The van der Waals surface area contributed by atoms with E-state index in [1.807, 2.05) is 0 Å². The summed E-state index contributed by atoms with van der Waals surface area (Å²) in [5.74, 6) is 0. The summed E-state index contributed by atoms with van der Waals surface area (Å²) < 4.78 is 27.8. The Morgan fingerprint density at radius 1 is 1.29 bits per heavy atom. The van der Waals surface area contributed by atoms with E-state index in [0.717, 1.165) is 12.8 Å². The highest BCUT2D eigenvalue weighted by Crippen LogP contribution is 2.25. The molecule has 5 heteroatoms. The molecule has 0 aliphatic heterocycles. The molecule has 1 aliphatic carbocycles. The number of ether oxygens (including phenoxy) is 1. The van der Waals surface area contributed by atoms with E-state index in [9.17, 15) is 8.42 Å². The average Bonchev–Trinajstić information content (AvgIpc) is 2.14. The lowest BCUT2D eigenvalue weighted by Crippen LogP contribution is -2.30. The predicted octanol–water partition coefficient (Wildman–Crippen LogP) is 0.351. The highest BCUT2D eigenvalue weighted by atomic mass is 32.2. The lowest BCUT2D eigenvalue weighted by Gasteiger charge is -2.27. The van der Waals surface area contributed by atoms with E-state index >= 15 is 0 Å². The van der Waals surface area contributed by atoms with Crippen LogP contribution in [0, 0.1) is 0 Å². The van der Waals surface area contributed by atoms with Crippen molar-refractivity contribution in [2.45, 2.75) is 37.0 Å². The Hall–Kier alpha value is -0.130. The summed E-state index contributed by atoms with van der Waals surface area (Å²) in [6.45, 7) is 0.389. The molecule has 1 saturated carbocycles. The van der Waals surface area contributed by atoms with Crippen molar-refractivity contribution in [1.82, 2.24) is 0 Å². The quantitative estimate of drug-likeness (QED) is 0.745. The first-order chi connectivity index (χ1) is 6.54. The van der Waals surface area contributed by atoms with Gasteiger partial charge in [0.25, 0.3) is 0 Å². The summed E-state index contributed by atoms with van der Waals surface area (Å²) >= 11 is 0. The first-order valence-corrected chi connectivity index (χ1v) is 6.91. The number of hydrogen-bond donors (Lipinski definition) is 1. The molecule has 0 radical (unpaired) electrons. The second-order valence-electron chi connectivity index (χ2n) is 3.82. The number of aliphatic hydroxyl groups is 1. The van der Waals surface area contributed by atoms with Crippen LogP contribution in [0.2, 0.25) is 0 Å². The zero-order valence-electron chi connectivity index (χ0n) is 8.48. The highest BCUT2D eigenvalue weighted by Gasteiger charge is 2.27. The Morgan fingerprint density at radius 2 is 1.86 bits per heavy atom. The van der Waals surface area contributed by atoms with Crippen molar-refractivity contribution in [1.29, 1.82) is 0 Å². The van der Waals surface area contributed by atoms with Gasteiger partial charge >= 0.3 is 0 Å². The van der Waals surface area contributed by atoms with Crippen molar-refractivity contribution in [3.8, 4) is 0 Å². The van der Waals surface area contributed by atoms with Gasteiger partial charge in [0.05, 0.1) is 24.6 Å². The second kappa shape index (κ2) is 5.09. The van der Waals surface area contributed by atoms with Crippen LogP contribution in [0.4, 0.5) is 0 Å². The van der Waals surface area contributed by atoms with Gasteiger partial charge < -0.3 is 9.84 Å². The lowest BCUT2D eigenvalue weighted by atomic mass is 9.97. The number of sulfone groups is 1. The maximum atomic E-state index is 11.2. The molecule has 1 fully saturated rings. The molecule has 4 nitrogen and oxygen atoms in total. The molecule has 1 rings (SSSR count). The number of aliphatic hydroxyl groups excluding tert-OH is 1. The molecule has 0 saturated heterocycles. The van der Waals surface area contributed by atoms with Crippen LogP contribution in [0.25, 0.3) is 0 Å². The van der Waals surface area contributed by atoms with Gasteiger partial charge in [0, 0.05) is 6.26 Å². The molecule has 1 aliphatic rings. The van der Waals surface area contributed by atoms with E-state index in [-0.39, 0.29) is 18.0 Å². The van der Waals surface area contributed by atoms with Crippen molar-refractivity contribution in [2.24, 2.45) is 0 Å². The van der Waals surface area contributed by atoms with E-state index in [0.29, 0.717) is 19.4 Å². The van der Waals surface area contributed by atoms with Crippen molar-refractivity contribution in [3.05, 3.63) is 0 Å². The van der Waals surface area contributed by atoms with Crippen LogP contribution in [-0.4, -0.2) is 44.3 Å². The first-order valence-electron chi connectivity index (χ1n) is 4.95. The van der Waals surface area contributed by atoms with Gasteiger partial charge in [0.15, 0.2) is 0 Å². The Morgan fingerprint density at radius 3 is 2.29 bits per heavy atom. The van der Waals surface area contributed by atoms with E-state index in [2.05, 4.69) is 0 Å². The molecule has 84 valence electrons. The largest absolute Gasteiger partial charge is 0.394 e. The van der Waals surface area contributed by atoms with Crippen LogP contribution >= 0.6 is 0 Å². The number of hydrogen-bond acceptors (Lipinski definition) is 4. The van der Waals surface area contributed by atoms with Gasteiger partial charge in [-0.05, 0) is 25.7 Å². The van der Waals surface area contributed by atoms with Crippen molar-refractivity contribution in [3.63, 3.8) is 0 Å². The molecule has 0 heterocycles. The summed E-state index contributed by atoms with van der Waals surface area (Å²) in [5, 5.41) is 8.37. The third kappa shape index (κ3) is 3.55. The summed E-state index contributed by atoms with van der Waals surface area (Å²) in [4.78, 5) is 0. The van der Waals surface area contributed by atoms with Gasteiger partial charge in [0.2, 0.25) is 0 Å². The van der Waals surface area contributed by atoms with Crippen LogP contribution in [0.3, 0.4) is 0 Å². The standard InChI is InChI=1S/C9H18O4S/c1-14(11,12)9-4-2-8(3-5-9)13-7-6-10/h8-10H,2-7H2,1H3. The SMILES string of the molecule is CS(=O)(=O)C1CCC(OCCO)CC1. The zero-order valence-corrected chi connectivity index (χ0v) is 9.29. The molecule has 0 aromatic rings. The van der Waals surface area contributed by atoms with Crippen molar-refractivity contribution in [2.75, 3.05) is 19.5 Å². The van der Waals surface area contributed by atoms with E-state index in [1.165, 1.54) is 6.26 Å². The van der Waals surface area contributed by atoms with Gasteiger partial charge in [-0.2, -0.15) is 0 Å². The van der Waals surface area contributed by atoms with E-state index in [4.69, 9.17) is 9.84 Å². The van der Waals surface area contributed by atoms with Gasteiger partial charge in [-0.25, -0.2) is 8.42 Å². The van der Waals surface area contributed by atoms with Crippen LogP contribution in [0.15, 0.2) is 0 Å². The molecule has 0 amide bonds. The smallest absolute Gasteiger partial charge is 0.150 e. The van der Waals surface area contributed by atoms with Crippen LogP contribution < -0.4 is 0 Å². The fraction of sp³-hybridized carbons (Fsp3) is 1.00. The Kier molecular flexibility index (Phi) is 4.34. The lowest BCUT2D eigenvalue weighted by molar-refractivity contribution is 0.00935. The Bertz CT molecular complexity index is 252. The molecule has 0 aromatic carbocycles.